The zero-order chi connectivity index (χ0) is 12.1. The van der Waals surface area contributed by atoms with E-state index in [2.05, 4.69) is 21.4 Å². The molecule has 4 nitrogen and oxygen atoms in total. The second-order valence-corrected chi connectivity index (χ2v) is 4.45. The molecule has 0 saturated carbocycles. The Balaban J connectivity index is 3.05. The maximum atomic E-state index is 8.68. The number of hydroxylamine groups is 1. The van der Waals surface area contributed by atoms with E-state index >= 15 is 0 Å². The normalized spacial score (nSPS) is 10.6. The van der Waals surface area contributed by atoms with Crippen LogP contribution in [0.2, 0.25) is 0 Å². The zero-order valence-corrected chi connectivity index (χ0v) is 11.2. The van der Waals surface area contributed by atoms with E-state index in [1.165, 1.54) is 0 Å². The van der Waals surface area contributed by atoms with Crippen LogP contribution >= 0.6 is 15.9 Å². The summed E-state index contributed by atoms with van der Waals surface area (Å²) in [5, 5.41) is 8.68. The summed E-state index contributed by atoms with van der Waals surface area (Å²) in [6, 6.07) is 3.66. The molecular formula is C11H16BrNO3. The first-order valence-electron chi connectivity index (χ1n) is 4.98. The van der Waals surface area contributed by atoms with Crippen LogP contribution in [-0.2, 0) is 6.54 Å². The summed E-state index contributed by atoms with van der Waals surface area (Å²) in [5.74, 6) is 1.34. The lowest BCUT2D eigenvalue weighted by molar-refractivity contribution is 0.161. The summed E-state index contributed by atoms with van der Waals surface area (Å²) < 4.78 is 11.7. The Morgan fingerprint density at radius 2 is 2.06 bits per heavy atom. The van der Waals surface area contributed by atoms with E-state index in [1.54, 1.807) is 7.11 Å². The molecule has 0 fully saturated rings. The molecule has 0 radical (unpaired) electrons. The van der Waals surface area contributed by atoms with Gasteiger partial charge in [0.05, 0.1) is 13.2 Å². The number of halogens is 1. The number of methoxy groups -OCH3 is 1. The van der Waals surface area contributed by atoms with E-state index in [-0.39, 0.29) is 6.10 Å². The topological polar surface area (TPSA) is 50.7 Å². The largest absolute Gasteiger partial charge is 0.493 e. The molecule has 90 valence electrons. The SMILES string of the molecule is COc1cc(CNO)c(Br)cc1OC(C)C. The quantitative estimate of drug-likeness (QED) is 0.819. The van der Waals surface area contributed by atoms with Gasteiger partial charge in [0.2, 0.25) is 0 Å². The van der Waals surface area contributed by atoms with Gasteiger partial charge in [-0.1, -0.05) is 15.9 Å². The van der Waals surface area contributed by atoms with Crippen molar-refractivity contribution in [3.63, 3.8) is 0 Å². The fourth-order valence-electron chi connectivity index (χ4n) is 1.30. The van der Waals surface area contributed by atoms with Crippen molar-refractivity contribution in [2.24, 2.45) is 0 Å². The van der Waals surface area contributed by atoms with E-state index in [1.807, 2.05) is 26.0 Å². The van der Waals surface area contributed by atoms with Gasteiger partial charge in [-0.2, -0.15) is 0 Å². The maximum Gasteiger partial charge on any atom is 0.162 e. The van der Waals surface area contributed by atoms with Gasteiger partial charge in [-0.15, -0.1) is 0 Å². The first-order chi connectivity index (χ1) is 7.58. The van der Waals surface area contributed by atoms with Gasteiger partial charge in [0.15, 0.2) is 11.5 Å². The van der Waals surface area contributed by atoms with Crippen molar-refractivity contribution in [2.75, 3.05) is 7.11 Å². The van der Waals surface area contributed by atoms with Crippen molar-refractivity contribution in [1.82, 2.24) is 5.48 Å². The Hall–Kier alpha value is -0.780. The fourth-order valence-corrected chi connectivity index (χ4v) is 1.77. The lowest BCUT2D eigenvalue weighted by atomic mass is 10.2. The molecule has 0 aliphatic carbocycles. The Kier molecular flexibility index (Phi) is 5.05. The highest BCUT2D eigenvalue weighted by Crippen LogP contribution is 2.34. The van der Waals surface area contributed by atoms with Gasteiger partial charge in [-0.25, -0.2) is 5.48 Å². The molecule has 2 N–H and O–H groups in total. The van der Waals surface area contributed by atoms with Gasteiger partial charge in [-0.3, -0.25) is 0 Å². The maximum absolute atomic E-state index is 8.68. The second-order valence-electron chi connectivity index (χ2n) is 3.60. The van der Waals surface area contributed by atoms with E-state index in [0.29, 0.717) is 18.0 Å². The number of hydrogen-bond acceptors (Lipinski definition) is 4. The van der Waals surface area contributed by atoms with Crippen molar-refractivity contribution in [3.05, 3.63) is 22.2 Å². The van der Waals surface area contributed by atoms with Crippen molar-refractivity contribution < 1.29 is 14.7 Å². The molecule has 0 bridgehead atoms. The van der Waals surface area contributed by atoms with Crippen LogP contribution in [0.25, 0.3) is 0 Å². The zero-order valence-electron chi connectivity index (χ0n) is 9.58. The highest BCUT2D eigenvalue weighted by Gasteiger charge is 2.11. The summed E-state index contributed by atoms with van der Waals surface area (Å²) in [6.45, 7) is 4.26. The molecule has 0 saturated heterocycles. The van der Waals surface area contributed by atoms with Gasteiger partial charge in [0.25, 0.3) is 0 Å². The molecule has 1 aromatic rings. The van der Waals surface area contributed by atoms with Crippen LogP contribution in [0, 0.1) is 0 Å². The number of benzene rings is 1. The molecule has 0 amide bonds. The summed E-state index contributed by atoms with van der Waals surface area (Å²) >= 11 is 3.41. The third kappa shape index (κ3) is 3.37. The Labute approximate surface area is 104 Å². The molecule has 0 aromatic heterocycles. The van der Waals surface area contributed by atoms with E-state index in [9.17, 15) is 0 Å². The molecule has 0 aliphatic rings. The van der Waals surface area contributed by atoms with E-state index in [0.717, 1.165) is 10.0 Å². The number of rotatable bonds is 5. The molecule has 0 heterocycles. The third-order valence-corrected chi connectivity index (χ3v) is 2.70. The standard InChI is InChI=1S/C11H16BrNO3/c1-7(2)16-11-5-9(12)8(6-13-14)4-10(11)15-3/h4-5,7,13-14H,6H2,1-3H3. The molecule has 1 rings (SSSR count). The molecule has 0 aliphatic heterocycles. The van der Waals surface area contributed by atoms with Gasteiger partial charge >= 0.3 is 0 Å². The van der Waals surface area contributed by atoms with Gasteiger partial charge in [-0.05, 0) is 31.5 Å². The first kappa shape index (κ1) is 13.3. The predicted molar refractivity (Wildman–Crippen MR) is 65.1 cm³/mol. The summed E-state index contributed by atoms with van der Waals surface area (Å²) in [7, 11) is 1.59. The monoisotopic (exact) mass is 289 g/mol. The number of nitrogens with one attached hydrogen (secondary N) is 1. The van der Waals surface area contributed by atoms with Gasteiger partial charge in [0, 0.05) is 11.0 Å². The molecule has 0 atom stereocenters. The lowest BCUT2D eigenvalue weighted by Crippen LogP contribution is -2.09. The molecule has 0 unspecified atom stereocenters. The lowest BCUT2D eigenvalue weighted by Gasteiger charge is -2.15. The smallest absolute Gasteiger partial charge is 0.162 e. The van der Waals surface area contributed by atoms with Crippen molar-refractivity contribution in [3.8, 4) is 11.5 Å². The van der Waals surface area contributed by atoms with E-state index in [4.69, 9.17) is 14.7 Å². The predicted octanol–water partition coefficient (Wildman–Crippen LogP) is 2.72. The summed E-state index contributed by atoms with van der Waals surface area (Å²) in [6.07, 6.45) is 0.0858. The Bertz CT molecular complexity index is 355. The molecule has 16 heavy (non-hydrogen) atoms. The number of hydrogen-bond donors (Lipinski definition) is 2. The van der Waals surface area contributed by atoms with Crippen molar-refractivity contribution >= 4 is 15.9 Å². The fraction of sp³-hybridized carbons (Fsp3) is 0.455. The van der Waals surface area contributed by atoms with Crippen LogP contribution < -0.4 is 15.0 Å². The van der Waals surface area contributed by atoms with Crippen LogP contribution in [0.4, 0.5) is 0 Å². The Morgan fingerprint density at radius 3 is 2.56 bits per heavy atom. The highest BCUT2D eigenvalue weighted by molar-refractivity contribution is 9.10. The third-order valence-electron chi connectivity index (χ3n) is 1.96. The Morgan fingerprint density at radius 1 is 1.38 bits per heavy atom. The minimum atomic E-state index is 0.0858. The minimum absolute atomic E-state index is 0.0858. The summed E-state index contributed by atoms with van der Waals surface area (Å²) in [5.41, 5.74) is 3.01. The molecular weight excluding hydrogens is 274 g/mol. The average Bonchev–Trinajstić information content (AvgIpc) is 2.21. The van der Waals surface area contributed by atoms with Crippen LogP contribution in [0.15, 0.2) is 16.6 Å². The van der Waals surface area contributed by atoms with E-state index < -0.39 is 0 Å². The average molecular weight is 290 g/mol. The number of ether oxygens (including phenoxy) is 2. The van der Waals surface area contributed by atoms with Crippen LogP contribution in [0.1, 0.15) is 19.4 Å². The van der Waals surface area contributed by atoms with Crippen molar-refractivity contribution in [1.29, 1.82) is 0 Å². The molecule has 0 spiro atoms. The van der Waals surface area contributed by atoms with Crippen LogP contribution in [0.3, 0.4) is 0 Å². The summed E-state index contributed by atoms with van der Waals surface area (Å²) in [4.78, 5) is 0. The highest BCUT2D eigenvalue weighted by atomic mass is 79.9. The van der Waals surface area contributed by atoms with Crippen LogP contribution in [0.5, 0.6) is 11.5 Å². The van der Waals surface area contributed by atoms with Gasteiger partial charge in [0.1, 0.15) is 0 Å². The molecule has 5 heteroatoms. The first-order valence-corrected chi connectivity index (χ1v) is 5.77. The van der Waals surface area contributed by atoms with Crippen LogP contribution in [-0.4, -0.2) is 18.4 Å². The molecule has 1 aromatic carbocycles. The minimum Gasteiger partial charge on any atom is -0.493 e. The van der Waals surface area contributed by atoms with Gasteiger partial charge < -0.3 is 14.7 Å². The van der Waals surface area contributed by atoms with Crippen molar-refractivity contribution in [2.45, 2.75) is 26.5 Å². The second kappa shape index (κ2) is 6.08.